The first kappa shape index (κ1) is 11.3. The molecule has 0 fully saturated rings. The monoisotopic (exact) mass is 238 g/mol. The Hall–Kier alpha value is -1.19. The maximum absolute atomic E-state index is 9.99. The van der Waals surface area contributed by atoms with Gasteiger partial charge < -0.3 is 22.5 Å². The molecule has 16 heavy (non-hydrogen) atoms. The number of hydrogen-bond donors (Lipinski definition) is 2. The molecule has 0 unspecified atom stereocenters. The van der Waals surface area contributed by atoms with Crippen molar-refractivity contribution in [3.05, 3.63) is 23.9 Å². The van der Waals surface area contributed by atoms with E-state index in [9.17, 15) is 5.11 Å². The van der Waals surface area contributed by atoms with Gasteiger partial charge in [-0.05, 0) is 17.7 Å². The summed E-state index contributed by atoms with van der Waals surface area (Å²) in [4.78, 5) is 3.26. The standard InChI is InChI=1S/C12H14N2O.ClH/c1-14(2)6-5-8-7-13-9-3-4-10(15)12(14)11(8)9;/h3-4,7,13H,5-6H2,1-2H3;1H. The summed E-state index contributed by atoms with van der Waals surface area (Å²) in [6.07, 6.45) is 3.14. The third-order valence-corrected chi connectivity index (χ3v) is 3.43. The minimum absolute atomic E-state index is 0. The molecule has 1 aromatic heterocycles. The highest BCUT2D eigenvalue weighted by Gasteiger charge is 2.32. The minimum Gasteiger partial charge on any atom is -1.00 e. The van der Waals surface area contributed by atoms with Gasteiger partial charge in [0.05, 0.1) is 31.5 Å². The van der Waals surface area contributed by atoms with Crippen LogP contribution in [0.4, 0.5) is 5.69 Å². The van der Waals surface area contributed by atoms with Crippen LogP contribution in [-0.2, 0) is 6.42 Å². The Bertz CT molecular complexity index is 545. The summed E-state index contributed by atoms with van der Waals surface area (Å²) in [5, 5.41) is 11.2. The van der Waals surface area contributed by atoms with Crippen LogP contribution < -0.4 is 16.9 Å². The van der Waals surface area contributed by atoms with Crippen molar-refractivity contribution < 1.29 is 17.5 Å². The molecule has 0 spiro atoms. The van der Waals surface area contributed by atoms with Crippen molar-refractivity contribution in [1.82, 2.24) is 9.47 Å². The number of nitrogens with zero attached hydrogens (tertiary/aromatic N) is 1. The summed E-state index contributed by atoms with van der Waals surface area (Å²) < 4.78 is 0.758. The number of H-pyrrole nitrogens is 1. The number of phenolic OH excluding ortho intramolecular Hbond substituents is 1. The van der Waals surface area contributed by atoms with E-state index >= 15 is 0 Å². The number of rotatable bonds is 0. The van der Waals surface area contributed by atoms with Crippen LogP contribution in [0.3, 0.4) is 0 Å². The molecule has 3 nitrogen and oxygen atoms in total. The molecule has 2 aromatic rings. The van der Waals surface area contributed by atoms with Gasteiger partial charge in [0.25, 0.3) is 0 Å². The third-order valence-electron chi connectivity index (χ3n) is 3.43. The van der Waals surface area contributed by atoms with Crippen LogP contribution in [0.2, 0.25) is 0 Å². The van der Waals surface area contributed by atoms with Crippen LogP contribution in [0.1, 0.15) is 5.56 Å². The molecule has 0 bridgehead atoms. The van der Waals surface area contributed by atoms with Crippen molar-refractivity contribution in [1.29, 1.82) is 0 Å². The molecule has 3 rings (SSSR count). The normalized spacial score (nSPS) is 17.1. The number of aromatic nitrogens is 1. The first-order chi connectivity index (χ1) is 7.09. The van der Waals surface area contributed by atoms with Crippen molar-refractivity contribution in [2.75, 3.05) is 20.6 Å². The zero-order valence-electron chi connectivity index (χ0n) is 9.42. The number of aromatic hydroxyl groups is 1. The molecule has 0 amide bonds. The summed E-state index contributed by atoms with van der Waals surface area (Å²) in [5.74, 6) is 0.410. The van der Waals surface area contributed by atoms with Gasteiger partial charge in [0.1, 0.15) is 0 Å². The second-order valence-electron chi connectivity index (χ2n) is 4.83. The maximum atomic E-state index is 9.99. The molecule has 1 aliphatic heterocycles. The predicted octanol–water partition coefficient (Wildman–Crippen LogP) is -0.999. The third kappa shape index (κ3) is 1.32. The van der Waals surface area contributed by atoms with Crippen LogP contribution >= 0.6 is 0 Å². The highest BCUT2D eigenvalue weighted by Crippen LogP contribution is 2.42. The van der Waals surface area contributed by atoms with E-state index < -0.39 is 0 Å². The Morgan fingerprint density at radius 1 is 1.31 bits per heavy atom. The maximum Gasteiger partial charge on any atom is 0.184 e. The molecule has 0 aliphatic carbocycles. The average Bonchev–Trinajstić information content (AvgIpc) is 2.57. The summed E-state index contributed by atoms with van der Waals surface area (Å²) in [6.45, 7) is 1.04. The molecule has 0 atom stereocenters. The first-order valence-electron chi connectivity index (χ1n) is 5.25. The first-order valence-corrected chi connectivity index (χ1v) is 5.25. The second kappa shape index (κ2) is 3.40. The van der Waals surface area contributed by atoms with Crippen LogP contribution in [-0.4, -0.2) is 30.7 Å². The molecule has 0 radical (unpaired) electrons. The van der Waals surface area contributed by atoms with Crippen molar-refractivity contribution >= 4 is 16.6 Å². The Morgan fingerprint density at radius 3 is 2.81 bits per heavy atom. The Kier molecular flexibility index (Phi) is 2.40. The second-order valence-corrected chi connectivity index (χ2v) is 4.83. The van der Waals surface area contributed by atoms with E-state index in [4.69, 9.17) is 0 Å². The summed E-state index contributed by atoms with van der Waals surface area (Å²) in [7, 11) is 4.29. The van der Waals surface area contributed by atoms with E-state index in [0.29, 0.717) is 5.75 Å². The number of hydrogen-bond acceptors (Lipinski definition) is 1. The van der Waals surface area contributed by atoms with Gasteiger partial charge in [-0.1, -0.05) is 0 Å². The molecule has 0 saturated carbocycles. The van der Waals surface area contributed by atoms with Crippen molar-refractivity contribution in [2.24, 2.45) is 0 Å². The van der Waals surface area contributed by atoms with Gasteiger partial charge >= 0.3 is 0 Å². The quantitative estimate of drug-likeness (QED) is 0.568. The van der Waals surface area contributed by atoms with E-state index in [-0.39, 0.29) is 12.4 Å². The van der Waals surface area contributed by atoms with Gasteiger partial charge in [-0.15, -0.1) is 0 Å². The minimum atomic E-state index is 0. The van der Waals surface area contributed by atoms with Crippen LogP contribution in [0, 0.1) is 0 Å². The van der Waals surface area contributed by atoms with E-state index in [2.05, 4.69) is 25.3 Å². The van der Waals surface area contributed by atoms with Gasteiger partial charge in [-0.2, -0.15) is 0 Å². The fourth-order valence-electron chi connectivity index (χ4n) is 2.58. The average molecular weight is 239 g/mol. The van der Waals surface area contributed by atoms with Gasteiger partial charge in [0.15, 0.2) is 11.4 Å². The van der Waals surface area contributed by atoms with Crippen LogP contribution in [0.25, 0.3) is 10.9 Å². The lowest BCUT2D eigenvalue weighted by Crippen LogP contribution is -3.00. The molecule has 1 aliphatic rings. The molecular weight excluding hydrogens is 224 g/mol. The molecule has 1 aromatic carbocycles. The van der Waals surface area contributed by atoms with Gasteiger partial charge in [-0.25, -0.2) is 0 Å². The SMILES string of the molecule is C[N+]1(C)CCc2c[nH]c3ccc(O)c1c23.[Cl-]. The fraction of sp³-hybridized carbons (Fsp3) is 0.333. The summed E-state index contributed by atoms with van der Waals surface area (Å²) in [6, 6.07) is 3.73. The van der Waals surface area contributed by atoms with Gasteiger partial charge in [0.2, 0.25) is 0 Å². The van der Waals surface area contributed by atoms with Crippen molar-refractivity contribution in [3.8, 4) is 5.75 Å². The van der Waals surface area contributed by atoms with Crippen LogP contribution in [0.15, 0.2) is 18.3 Å². The molecule has 4 heteroatoms. The van der Waals surface area contributed by atoms with E-state index in [1.165, 1.54) is 10.9 Å². The van der Waals surface area contributed by atoms with E-state index in [1.54, 1.807) is 6.07 Å². The van der Waals surface area contributed by atoms with E-state index in [0.717, 1.165) is 28.7 Å². The lowest BCUT2D eigenvalue weighted by atomic mass is 10.0. The molecule has 2 heterocycles. The summed E-state index contributed by atoms with van der Waals surface area (Å²) in [5.41, 5.74) is 3.51. The summed E-state index contributed by atoms with van der Waals surface area (Å²) >= 11 is 0. The van der Waals surface area contributed by atoms with Crippen LogP contribution in [0.5, 0.6) is 5.75 Å². The highest BCUT2D eigenvalue weighted by molar-refractivity contribution is 5.98. The number of nitrogens with one attached hydrogen (secondary N) is 1. The molecular formula is C12H15ClN2O. The predicted molar refractivity (Wildman–Crippen MR) is 62.2 cm³/mol. The number of likely N-dealkylation sites (N-methyl/N-ethyl adjacent to an activating group) is 1. The number of halogens is 1. The Labute approximate surface area is 101 Å². The highest BCUT2D eigenvalue weighted by atomic mass is 35.5. The fourth-order valence-corrected chi connectivity index (χ4v) is 2.58. The molecule has 2 N–H and O–H groups in total. The molecule has 0 saturated heterocycles. The number of phenols is 1. The van der Waals surface area contributed by atoms with Gasteiger partial charge in [-0.3, -0.25) is 4.48 Å². The van der Waals surface area contributed by atoms with E-state index in [1.807, 2.05) is 6.07 Å². The van der Waals surface area contributed by atoms with Gasteiger partial charge in [0, 0.05) is 12.6 Å². The largest absolute Gasteiger partial charge is 1.00 e. The smallest absolute Gasteiger partial charge is 0.184 e. The van der Waals surface area contributed by atoms with Crippen molar-refractivity contribution in [2.45, 2.75) is 6.42 Å². The number of quaternary nitrogens is 1. The lowest BCUT2D eigenvalue weighted by molar-refractivity contribution is -0.00000429. The number of benzene rings is 1. The zero-order chi connectivity index (χ0) is 10.6. The molecule has 86 valence electrons. The topological polar surface area (TPSA) is 36.0 Å². The zero-order valence-corrected chi connectivity index (χ0v) is 10.2. The Morgan fingerprint density at radius 2 is 2.06 bits per heavy atom. The number of aromatic amines is 1. The van der Waals surface area contributed by atoms with Crippen molar-refractivity contribution in [3.63, 3.8) is 0 Å². The Balaban J connectivity index is 0.000000963. The lowest BCUT2D eigenvalue weighted by Gasteiger charge is -2.33.